The van der Waals surface area contributed by atoms with Gasteiger partial charge in [0.15, 0.2) is 0 Å². The van der Waals surface area contributed by atoms with Crippen LogP contribution in [0, 0.1) is 0 Å². The van der Waals surface area contributed by atoms with Crippen LogP contribution in [0.3, 0.4) is 0 Å². The van der Waals surface area contributed by atoms with Gasteiger partial charge < -0.3 is 15.7 Å². The van der Waals surface area contributed by atoms with Gasteiger partial charge in [-0.15, -0.1) is 24.8 Å². The van der Waals surface area contributed by atoms with E-state index in [-0.39, 0.29) is 31.4 Å². The van der Waals surface area contributed by atoms with Crippen molar-refractivity contribution < 1.29 is 5.11 Å². The van der Waals surface area contributed by atoms with Gasteiger partial charge in [0, 0.05) is 6.54 Å². The molecule has 3 nitrogen and oxygen atoms in total. The molecule has 0 saturated carbocycles. The summed E-state index contributed by atoms with van der Waals surface area (Å²) >= 11 is 0. The molecule has 0 aliphatic heterocycles. The zero-order valence-electron chi connectivity index (χ0n) is 6.82. The summed E-state index contributed by atoms with van der Waals surface area (Å²) in [6, 6.07) is 0. The van der Waals surface area contributed by atoms with E-state index in [1.807, 2.05) is 7.05 Å². The minimum atomic E-state index is 0. The van der Waals surface area contributed by atoms with Crippen molar-refractivity contribution in [3.8, 4) is 0 Å². The molecule has 0 aromatic carbocycles. The fourth-order valence-electron chi connectivity index (χ4n) is 0.644. The van der Waals surface area contributed by atoms with Crippen LogP contribution in [-0.2, 0) is 0 Å². The maximum atomic E-state index is 8.46. The molecule has 0 fully saturated rings. The Morgan fingerprint density at radius 2 is 1.82 bits per heavy atom. The highest BCUT2D eigenvalue weighted by molar-refractivity contribution is 5.85. The average Bonchev–Trinajstić information content (AvgIpc) is 1.85. The third-order valence-electron chi connectivity index (χ3n) is 1.23. The molecule has 0 rings (SSSR count). The Labute approximate surface area is 80.8 Å². The Bertz CT molecular complexity index is 66.5. The number of nitrogens with two attached hydrogens (primary N) is 1. The van der Waals surface area contributed by atoms with E-state index in [9.17, 15) is 0 Å². The summed E-state index contributed by atoms with van der Waals surface area (Å²) in [6.07, 6.45) is 1.01. The molecule has 0 saturated heterocycles. The van der Waals surface area contributed by atoms with E-state index in [1.165, 1.54) is 0 Å². The van der Waals surface area contributed by atoms with E-state index in [2.05, 4.69) is 4.90 Å². The fourth-order valence-corrected chi connectivity index (χ4v) is 0.644. The van der Waals surface area contributed by atoms with Crippen LogP contribution < -0.4 is 5.73 Å². The molecule has 11 heavy (non-hydrogen) atoms. The van der Waals surface area contributed by atoms with Gasteiger partial charge in [-0.1, -0.05) is 0 Å². The number of hydrogen-bond donors (Lipinski definition) is 2. The summed E-state index contributed by atoms with van der Waals surface area (Å²) in [4.78, 5) is 2.06. The fraction of sp³-hybridized carbons (Fsp3) is 1.00. The van der Waals surface area contributed by atoms with Gasteiger partial charge >= 0.3 is 0 Å². The van der Waals surface area contributed by atoms with Crippen LogP contribution in [0.15, 0.2) is 0 Å². The lowest BCUT2D eigenvalue weighted by Gasteiger charge is -2.13. The number of aliphatic hydroxyl groups is 1. The Morgan fingerprint density at radius 3 is 2.18 bits per heavy atom. The Kier molecular flexibility index (Phi) is 20.8. The summed E-state index contributed by atoms with van der Waals surface area (Å²) in [7, 11) is 1.98. The summed E-state index contributed by atoms with van der Waals surface area (Å²) in [5.41, 5.74) is 5.28. The molecule has 72 valence electrons. The van der Waals surface area contributed by atoms with Gasteiger partial charge in [0.2, 0.25) is 0 Å². The first-order valence-electron chi connectivity index (χ1n) is 3.30. The van der Waals surface area contributed by atoms with Crippen molar-refractivity contribution in [1.29, 1.82) is 0 Å². The number of rotatable bonds is 5. The Balaban J connectivity index is -0.000000320. The van der Waals surface area contributed by atoms with Crippen molar-refractivity contribution in [3.63, 3.8) is 0 Å². The van der Waals surface area contributed by atoms with E-state index in [0.717, 1.165) is 26.1 Å². The lowest BCUT2D eigenvalue weighted by atomic mass is 10.4. The summed E-state index contributed by atoms with van der Waals surface area (Å²) in [6.45, 7) is 2.70. The largest absolute Gasteiger partial charge is 0.395 e. The molecular formula is C6H18Cl2N2O. The molecule has 0 atom stereocenters. The zero-order valence-corrected chi connectivity index (χ0v) is 8.46. The van der Waals surface area contributed by atoms with Crippen molar-refractivity contribution in [1.82, 2.24) is 4.90 Å². The lowest BCUT2D eigenvalue weighted by molar-refractivity contribution is 0.221. The highest BCUT2D eigenvalue weighted by atomic mass is 35.5. The molecule has 0 heterocycles. The van der Waals surface area contributed by atoms with Gasteiger partial charge in [0.05, 0.1) is 6.61 Å². The molecule has 3 N–H and O–H groups in total. The second kappa shape index (κ2) is 13.1. The first-order chi connectivity index (χ1) is 4.31. The zero-order chi connectivity index (χ0) is 7.11. The van der Waals surface area contributed by atoms with Crippen molar-refractivity contribution in [2.45, 2.75) is 6.42 Å². The van der Waals surface area contributed by atoms with Gasteiger partial charge in [0.1, 0.15) is 0 Å². The molecule has 0 unspecified atom stereocenters. The third-order valence-corrected chi connectivity index (χ3v) is 1.23. The van der Waals surface area contributed by atoms with Crippen LogP contribution in [0.2, 0.25) is 0 Å². The van der Waals surface area contributed by atoms with E-state index in [0.29, 0.717) is 0 Å². The third kappa shape index (κ3) is 13.5. The van der Waals surface area contributed by atoms with Crippen molar-refractivity contribution in [2.75, 3.05) is 33.3 Å². The van der Waals surface area contributed by atoms with Crippen molar-refractivity contribution in [3.05, 3.63) is 0 Å². The smallest absolute Gasteiger partial charge is 0.0558 e. The van der Waals surface area contributed by atoms with E-state index >= 15 is 0 Å². The average molecular weight is 205 g/mol. The summed E-state index contributed by atoms with van der Waals surface area (Å²) in [5, 5.41) is 8.46. The number of halogens is 2. The first kappa shape index (κ1) is 17.5. The number of nitrogens with zero attached hydrogens (tertiary/aromatic N) is 1. The van der Waals surface area contributed by atoms with Gasteiger partial charge in [0.25, 0.3) is 0 Å². The highest BCUT2D eigenvalue weighted by Crippen LogP contribution is 1.82. The normalized spacial score (nSPS) is 8.73. The predicted molar refractivity (Wildman–Crippen MR) is 52.8 cm³/mol. The van der Waals surface area contributed by atoms with Crippen LogP contribution in [0.1, 0.15) is 6.42 Å². The van der Waals surface area contributed by atoms with Crippen LogP contribution in [0.5, 0.6) is 0 Å². The minimum absolute atomic E-state index is 0. The van der Waals surface area contributed by atoms with Crippen molar-refractivity contribution in [2.24, 2.45) is 5.73 Å². The Morgan fingerprint density at radius 1 is 1.27 bits per heavy atom. The molecule has 0 bridgehead atoms. The monoisotopic (exact) mass is 204 g/mol. The number of hydrogen-bond acceptors (Lipinski definition) is 3. The molecular weight excluding hydrogens is 187 g/mol. The predicted octanol–water partition coefficient (Wildman–Crippen LogP) is 0.103. The number of likely N-dealkylation sites (N-methyl/N-ethyl adjacent to an activating group) is 1. The SMILES string of the molecule is CN(CCO)CCCN.Cl.Cl. The summed E-state index contributed by atoms with van der Waals surface area (Å²) < 4.78 is 0. The molecule has 0 radical (unpaired) electrons. The lowest BCUT2D eigenvalue weighted by Crippen LogP contribution is -2.24. The van der Waals surface area contributed by atoms with Gasteiger partial charge in [-0.2, -0.15) is 0 Å². The van der Waals surface area contributed by atoms with Crippen LogP contribution in [0.25, 0.3) is 0 Å². The van der Waals surface area contributed by atoms with E-state index in [4.69, 9.17) is 10.8 Å². The van der Waals surface area contributed by atoms with Crippen LogP contribution in [-0.4, -0.2) is 43.3 Å². The van der Waals surface area contributed by atoms with E-state index in [1.54, 1.807) is 0 Å². The Hall–Kier alpha value is 0.460. The van der Waals surface area contributed by atoms with Gasteiger partial charge in [-0.25, -0.2) is 0 Å². The molecule has 0 amide bonds. The van der Waals surface area contributed by atoms with Crippen molar-refractivity contribution >= 4 is 24.8 Å². The maximum Gasteiger partial charge on any atom is 0.0558 e. The first-order valence-corrected chi connectivity index (χ1v) is 3.30. The molecule has 5 heteroatoms. The topological polar surface area (TPSA) is 49.5 Å². The highest BCUT2D eigenvalue weighted by Gasteiger charge is 1.93. The molecule has 0 aromatic heterocycles. The number of aliphatic hydroxyl groups excluding tert-OH is 1. The maximum absolute atomic E-state index is 8.46. The second-order valence-electron chi connectivity index (χ2n) is 2.17. The standard InChI is InChI=1S/C6H16N2O.2ClH/c1-8(5-6-9)4-2-3-7;;/h9H,2-7H2,1H3;2*1H. The van der Waals surface area contributed by atoms with Gasteiger partial charge in [-0.05, 0) is 26.6 Å². The van der Waals surface area contributed by atoms with Crippen LogP contribution >= 0.6 is 24.8 Å². The molecule has 0 aliphatic carbocycles. The molecule has 0 aliphatic rings. The molecule has 0 aromatic rings. The van der Waals surface area contributed by atoms with E-state index < -0.39 is 0 Å². The minimum Gasteiger partial charge on any atom is -0.395 e. The quantitative estimate of drug-likeness (QED) is 0.669. The van der Waals surface area contributed by atoms with Gasteiger partial charge in [-0.3, -0.25) is 0 Å². The summed E-state index contributed by atoms with van der Waals surface area (Å²) in [5.74, 6) is 0. The van der Waals surface area contributed by atoms with Crippen LogP contribution in [0.4, 0.5) is 0 Å². The second-order valence-corrected chi connectivity index (χ2v) is 2.17. The molecule has 0 spiro atoms.